The van der Waals surface area contributed by atoms with Crippen molar-refractivity contribution in [1.82, 2.24) is 0 Å². The van der Waals surface area contributed by atoms with Gasteiger partial charge in [0.15, 0.2) is 0 Å². The summed E-state index contributed by atoms with van der Waals surface area (Å²) in [5, 5.41) is 0. The number of ether oxygens (including phenoxy) is 1. The van der Waals surface area contributed by atoms with Crippen LogP contribution in [0.2, 0.25) is 0 Å². The van der Waals surface area contributed by atoms with Crippen LogP contribution in [0, 0.1) is 0 Å². The van der Waals surface area contributed by atoms with Crippen LogP contribution in [0.15, 0.2) is 54.6 Å². The van der Waals surface area contributed by atoms with Gasteiger partial charge in [0.2, 0.25) is 0 Å². The Morgan fingerprint density at radius 1 is 0.789 bits per heavy atom. The zero-order valence-corrected chi connectivity index (χ0v) is 11.7. The van der Waals surface area contributed by atoms with Crippen molar-refractivity contribution in [3.63, 3.8) is 0 Å². The van der Waals surface area contributed by atoms with Gasteiger partial charge in [-0.15, -0.1) is 12.4 Å². The Labute approximate surface area is 121 Å². The first-order valence-corrected chi connectivity index (χ1v) is 6.38. The normalized spacial score (nSPS) is 9.74. The zero-order valence-electron chi connectivity index (χ0n) is 10.9. The van der Waals surface area contributed by atoms with E-state index in [0.717, 1.165) is 31.7 Å². The predicted octanol–water partition coefficient (Wildman–Crippen LogP) is 3.89. The lowest BCUT2D eigenvalue weighted by Crippen LogP contribution is -2.03. The molecule has 0 fully saturated rings. The van der Waals surface area contributed by atoms with Gasteiger partial charge in [-0.05, 0) is 42.6 Å². The molecule has 0 spiro atoms. The average Bonchev–Trinajstić information content (AvgIpc) is 2.45. The smallest absolute Gasteiger partial charge is 0.119 e. The van der Waals surface area contributed by atoms with Crippen molar-refractivity contribution in [2.45, 2.75) is 12.8 Å². The van der Waals surface area contributed by atoms with E-state index in [1.54, 1.807) is 0 Å². The SMILES string of the molecule is Cl.NCCCCOc1ccc(-c2ccccc2)cc1. The van der Waals surface area contributed by atoms with Gasteiger partial charge in [0.1, 0.15) is 5.75 Å². The molecule has 0 unspecified atom stereocenters. The highest BCUT2D eigenvalue weighted by atomic mass is 35.5. The summed E-state index contributed by atoms with van der Waals surface area (Å²) < 4.78 is 5.64. The Bertz CT molecular complexity index is 456. The topological polar surface area (TPSA) is 35.2 Å². The van der Waals surface area contributed by atoms with Gasteiger partial charge in [-0.1, -0.05) is 42.5 Å². The van der Waals surface area contributed by atoms with Crippen molar-refractivity contribution >= 4 is 12.4 Å². The number of hydrogen-bond donors (Lipinski definition) is 1. The van der Waals surface area contributed by atoms with Crippen molar-refractivity contribution in [3.8, 4) is 16.9 Å². The maximum Gasteiger partial charge on any atom is 0.119 e. The molecule has 2 nitrogen and oxygen atoms in total. The van der Waals surface area contributed by atoms with Gasteiger partial charge in [0.05, 0.1) is 6.61 Å². The van der Waals surface area contributed by atoms with Crippen LogP contribution in [0.4, 0.5) is 0 Å². The molecule has 0 saturated carbocycles. The summed E-state index contributed by atoms with van der Waals surface area (Å²) in [6.07, 6.45) is 2.03. The van der Waals surface area contributed by atoms with E-state index < -0.39 is 0 Å². The molecule has 19 heavy (non-hydrogen) atoms. The molecule has 3 heteroatoms. The third kappa shape index (κ3) is 4.93. The van der Waals surface area contributed by atoms with E-state index in [9.17, 15) is 0 Å². The molecule has 0 aliphatic heterocycles. The number of nitrogens with two attached hydrogens (primary N) is 1. The highest BCUT2D eigenvalue weighted by Gasteiger charge is 1.97. The van der Waals surface area contributed by atoms with Crippen LogP contribution >= 0.6 is 12.4 Å². The number of unbranched alkanes of at least 4 members (excludes halogenated alkanes) is 1. The van der Waals surface area contributed by atoms with E-state index in [1.165, 1.54) is 11.1 Å². The summed E-state index contributed by atoms with van der Waals surface area (Å²) in [4.78, 5) is 0. The predicted molar refractivity (Wildman–Crippen MR) is 82.9 cm³/mol. The van der Waals surface area contributed by atoms with Crippen molar-refractivity contribution < 1.29 is 4.74 Å². The highest BCUT2D eigenvalue weighted by Crippen LogP contribution is 2.22. The van der Waals surface area contributed by atoms with Gasteiger partial charge in [-0.3, -0.25) is 0 Å². The molecule has 2 rings (SSSR count). The Morgan fingerprint density at radius 2 is 1.42 bits per heavy atom. The van der Waals surface area contributed by atoms with Crippen molar-refractivity contribution in [2.24, 2.45) is 5.73 Å². The maximum absolute atomic E-state index is 5.64. The summed E-state index contributed by atoms with van der Waals surface area (Å²) in [5.74, 6) is 0.923. The van der Waals surface area contributed by atoms with Gasteiger partial charge in [0, 0.05) is 0 Å². The molecule has 0 aliphatic rings. The lowest BCUT2D eigenvalue weighted by atomic mass is 10.1. The summed E-state index contributed by atoms with van der Waals surface area (Å²) in [6.45, 7) is 1.47. The number of rotatable bonds is 6. The van der Waals surface area contributed by atoms with Gasteiger partial charge in [-0.2, -0.15) is 0 Å². The van der Waals surface area contributed by atoms with Crippen LogP contribution in [0.3, 0.4) is 0 Å². The Hall–Kier alpha value is -1.51. The molecule has 0 amide bonds. The molecule has 0 radical (unpaired) electrons. The second-order valence-electron chi connectivity index (χ2n) is 4.23. The Morgan fingerprint density at radius 3 is 2.05 bits per heavy atom. The second-order valence-corrected chi connectivity index (χ2v) is 4.23. The molecule has 0 aromatic heterocycles. The summed E-state index contributed by atoms with van der Waals surface area (Å²) in [7, 11) is 0. The molecule has 0 heterocycles. The molecular formula is C16H20ClNO. The van der Waals surface area contributed by atoms with E-state index >= 15 is 0 Å². The van der Waals surface area contributed by atoms with Crippen LogP contribution in [0.5, 0.6) is 5.75 Å². The summed E-state index contributed by atoms with van der Waals surface area (Å²) in [5.41, 5.74) is 7.88. The van der Waals surface area contributed by atoms with E-state index in [4.69, 9.17) is 10.5 Å². The fraction of sp³-hybridized carbons (Fsp3) is 0.250. The summed E-state index contributed by atoms with van der Waals surface area (Å²) >= 11 is 0. The van der Waals surface area contributed by atoms with E-state index in [1.807, 2.05) is 30.3 Å². The molecule has 0 bridgehead atoms. The molecule has 0 atom stereocenters. The molecule has 2 aromatic rings. The van der Waals surface area contributed by atoms with Crippen LogP contribution < -0.4 is 10.5 Å². The largest absolute Gasteiger partial charge is 0.494 e. The van der Waals surface area contributed by atoms with Gasteiger partial charge < -0.3 is 10.5 Å². The monoisotopic (exact) mass is 277 g/mol. The van der Waals surface area contributed by atoms with Gasteiger partial charge >= 0.3 is 0 Å². The Kier molecular flexibility index (Phi) is 7.01. The first-order chi connectivity index (χ1) is 8.90. The first kappa shape index (κ1) is 15.5. The van der Waals surface area contributed by atoms with Gasteiger partial charge in [-0.25, -0.2) is 0 Å². The van der Waals surface area contributed by atoms with Crippen LogP contribution in [-0.2, 0) is 0 Å². The van der Waals surface area contributed by atoms with E-state index in [0.29, 0.717) is 0 Å². The fourth-order valence-corrected chi connectivity index (χ4v) is 1.81. The molecule has 102 valence electrons. The lowest BCUT2D eigenvalue weighted by Gasteiger charge is -2.07. The van der Waals surface area contributed by atoms with Gasteiger partial charge in [0.25, 0.3) is 0 Å². The maximum atomic E-state index is 5.64. The van der Waals surface area contributed by atoms with Crippen molar-refractivity contribution in [2.75, 3.05) is 13.2 Å². The molecule has 0 aliphatic carbocycles. The lowest BCUT2D eigenvalue weighted by molar-refractivity contribution is 0.308. The minimum absolute atomic E-state index is 0. The fourth-order valence-electron chi connectivity index (χ4n) is 1.81. The van der Waals surface area contributed by atoms with E-state index in [2.05, 4.69) is 24.3 Å². The van der Waals surface area contributed by atoms with Crippen molar-refractivity contribution in [3.05, 3.63) is 54.6 Å². The van der Waals surface area contributed by atoms with Crippen LogP contribution in [0.1, 0.15) is 12.8 Å². The molecule has 0 saturated heterocycles. The molecule has 2 N–H and O–H groups in total. The third-order valence-corrected chi connectivity index (χ3v) is 2.83. The van der Waals surface area contributed by atoms with Crippen molar-refractivity contribution in [1.29, 1.82) is 0 Å². The average molecular weight is 278 g/mol. The summed E-state index contributed by atoms with van der Waals surface area (Å²) in [6, 6.07) is 18.6. The highest BCUT2D eigenvalue weighted by molar-refractivity contribution is 5.85. The Balaban J connectivity index is 0.00000180. The standard InChI is InChI=1S/C16H19NO.ClH/c17-12-4-5-13-18-16-10-8-15(9-11-16)14-6-2-1-3-7-14;/h1-3,6-11H,4-5,12-13,17H2;1H. The van der Waals surface area contributed by atoms with Crippen LogP contribution in [0.25, 0.3) is 11.1 Å². The third-order valence-electron chi connectivity index (χ3n) is 2.83. The molecule has 2 aromatic carbocycles. The number of hydrogen-bond acceptors (Lipinski definition) is 2. The minimum atomic E-state index is 0. The molecular weight excluding hydrogens is 258 g/mol. The van der Waals surface area contributed by atoms with E-state index in [-0.39, 0.29) is 12.4 Å². The zero-order chi connectivity index (χ0) is 12.6. The first-order valence-electron chi connectivity index (χ1n) is 6.38. The number of benzene rings is 2. The van der Waals surface area contributed by atoms with Crippen LogP contribution in [-0.4, -0.2) is 13.2 Å². The number of halogens is 1. The quantitative estimate of drug-likeness (QED) is 0.813. The second kappa shape index (κ2) is 8.57. The minimum Gasteiger partial charge on any atom is -0.494 e.